The Morgan fingerprint density at radius 2 is 1.58 bits per heavy atom. The summed E-state index contributed by atoms with van der Waals surface area (Å²) in [6, 6.07) is 0. The third-order valence-corrected chi connectivity index (χ3v) is 3.09. The van der Waals surface area contributed by atoms with Crippen molar-refractivity contribution >= 4 is 11.8 Å². The number of rotatable bonds is 9. The Morgan fingerprint density at radius 1 is 0.962 bits per heavy atom. The van der Waals surface area contributed by atoms with Gasteiger partial charge in [-0.2, -0.15) is 26.3 Å². The topological polar surface area (TPSA) is 85.9 Å². The van der Waals surface area contributed by atoms with Crippen molar-refractivity contribution in [2.24, 2.45) is 0 Å². The van der Waals surface area contributed by atoms with Crippen LogP contribution in [0.3, 0.4) is 0 Å². The first-order chi connectivity index (χ1) is 12.0. The number of ether oxygens (including phenoxy) is 3. The van der Waals surface area contributed by atoms with E-state index in [2.05, 4.69) is 0 Å². The van der Waals surface area contributed by atoms with Crippen molar-refractivity contribution in [3.8, 4) is 0 Å². The van der Waals surface area contributed by atoms with Gasteiger partial charge in [-0.15, -0.1) is 0 Å². The highest BCUT2D eigenvalue weighted by atomic mass is 19.4. The molecule has 0 aromatic carbocycles. The molecule has 2 atom stereocenters. The molecule has 1 aliphatic heterocycles. The molecule has 0 bridgehead atoms. The van der Waals surface area contributed by atoms with Crippen LogP contribution < -0.4 is 10.6 Å². The van der Waals surface area contributed by atoms with Gasteiger partial charge in [0.15, 0.2) is 0 Å². The van der Waals surface area contributed by atoms with E-state index in [-0.39, 0.29) is 19.8 Å². The van der Waals surface area contributed by atoms with E-state index >= 15 is 0 Å². The number of carbonyl (C=O) groups excluding carboxylic acids is 2. The standard InChI is InChI=1S/C13H18F6N2O5/c14-12(15,16)9(22)20-4-2-1-3-5-24-11-25-7-8(26-11)6-21-10(23)13(17,18)19/h8,11H,1-7H2,(H,20,22)(H,21,23). The SMILES string of the molecule is O=C(NCCCCCOC1OCC(CNC(=O)C(F)(F)F)O1)C(F)(F)F. The molecule has 0 aromatic rings. The van der Waals surface area contributed by atoms with Gasteiger partial charge in [0.2, 0.25) is 0 Å². The van der Waals surface area contributed by atoms with Gasteiger partial charge in [-0.3, -0.25) is 9.59 Å². The molecule has 0 radical (unpaired) electrons. The average molecular weight is 396 g/mol. The maximum Gasteiger partial charge on any atom is 0.471 e. The van der Waals surface area contributed by atoms with Gasteiger partial charge in [-0.1, -0.05) is 0 Å². The van der Waals surface area contributed by atoms with Crippen LogP contribution in [0.25, 0.3) is 0 Å². The first kappa shape index (κ1) is 22.4. The van der Waals surface area contributed by atoms with E-state index in [0.29, 0.717) is 19.3 Å². The van der Waals surface area contributed by atoms with Crippen molar-refractivity contribution in [1.82, 2.24) is 10.6 Å². The van der Waals surface area contributed by atoms with Crippen molar-refractivity contribution in [2.45, 2.75) is 44.2 Å². The fourth-order valence-electron chi connectivity index (χ4n) is 1.81. The molecule has 1 rings (SSSR count). The molecule has 2 amide bonds. The van der Waals surface area contributed by atoms with Crippen LogP contribution in [0.5, 0.6) is 0 Å². The zero-order valence-electron chi connectivity index (χ0n) is 13.4. The Bertz CT molecular complexity index is 471. The Kier molecular flexibility index (Phi) is 8.56. The van der Waals surface area contributed by atoms with Crippen LogP contribution in [-0.4, -0.2) is 63.1 Å². The zero-order chi connectivity index (χ0) is 19.8. The molecular weight excluding hydrogens is 378 g/mol. The van der Waals surface area contributed by atoms with Gasteiger partial charge in [0, 0.05) is 13.1 Å². The summed E-state index contributed by atoms with van der Waals surface area (Å²) < 4.78 is 87.0. The van der Waals surface area contributed by atoms with Gasteiger partial charge in [0.25, 0.3) is 6.48 Å². The first-order valence-corrected chi connectivity index (χ1v) is 7.59. The lowest BCUT2D eigenvalue weighted by atomic mass is 10.2. The molecule has 1 fully saturated rings. The summed E-state index contributed by atoms with van der Waals surface area (Å²) >= 11 is 0. The predicted molar refractivity (Wildman–Crippen MR) is 72.5 cm³/mol. The summed E-state index contributed by atoms with van der Waals surface area (Å²) in [4.78, 5) is 21.2. The van der Waals surface area contributed by atoms with Gasteiger partial charge < -0.3 is 24.8 Å². The monoisotopic (exact) mass is 396 g/mol. The van der Waals surface area contributed by atoms with Gasteiger partial charge in [-0.25, -0.2) is 0 Å². The minimum absolute atomic E-state index is 0.0632. The van der Waals surface area contributed by atoms with Crippen LogP contribution in [-0.2, 0) is 23.8 Å². The molecule has 1 aliphatic rings. The van der Waals surface area contributed by atoms with Gasteiger partial charge in [0.1, 0.15) is 6.10 Å². The van der Waals surface area contributed by atoms with E-state index in [1.807, 2.05) is 0 Å². The summed E-state index contributed by atoms with van der Waals surface area (Å²) in [5.74, 6) is -4.08. The summed E-state index contributed by atoms with van der Waals surface area (Å²) in [7, 11) is 0. The highest BCUT2D eigenvalue weighted by Crippen LogP contribution is 2.16. The third-order valence-electron chi connectivity index (χ3n) is 3.09. The highest BCUT2D eigenvalue weighted by molar-refractivity contribution is 5.81. The van der Waals surface area contributed by atoms with E-state index < -0.39 is 43.3 Å². The highest BCUT2D eigenvalue weighted by Gasteiger charge is 2.39. The lowest BCUT2D eigenvalue weighted by molar-refractivity contribution is -0.237. The van der Waals surface area contributed by atoms with E-state index in [4.69, 9.17) is 14.2 Å². The number of halogens is 6. The number of alkyl halides is 6. The molecular formula is C13H18F6N2O5. The van der Waals surface area contributed by atoms with Crippen molar-refractivity contribution in [3.63, 3.8) is 0 Å². The lowest BCUT2D eigenvalue weighted by Gasteiger charge is -2.13. The van der Waals surface area contributed by atoms with E-state index in [1.165, 1.54) is 0 Å². The van der Waals surface area contributed by atoms with Crippen molar-refractivity contribution in [1.29, 1.82) is 0 Å². The predicted octanol–water partition coefficient (Wildman–Crippen LogP) is 1.23. The molecule has 0 spiro atoms. The number of nitrogens with one attached hydrogen (secondary N) is 2. The van der Waals surface area contributed by atoms with Crippen LogP contribution in [0.1, 0.15) is 19.3 Å². The molecule has 0 aromatic heterocycles. The minimum Gasteiger partial charge on any atom is -0.348 e. The van der Waals surface area contributed by atoms with Gasteiger partial charge in [0.05, 0.1) is 13.2 Å². The number of hydrogen-bond acceptors (Lipinski definition) is 5. The summed E-state index contributed by atoms with van der Waals surface area (Å²) in [5, 5.41) is 3.38. The van der Waals surface area contributed by atoms with Crippen LogP contribution >= 0.6 is 0 Å². The number of amides is 2. The third kappa shape index (κ3) is 8.67. The second-order valence-corrected chi connectivity index (χ2v) is 5.27. The molecule has 2 N–H and O–H groups in total. The quantitative estimate of drug-likeness (QED) is 0.452. The second-order valence-electron chi connectivity index (χ2n) is 5.27. The molecule has 0 saturated carbocycles. The van der Waals surface area contributed by atoms with Crippen LogP contribution in [0.15, 0.2) is 0 Å². The second kappa shape index (κ2) is 9.92. The fourth-order valence-corrected chi connectivity index (χ4v) is 1.81. The Hall–Kier alpha value is -1.60. The number of hydrogen-bond donors (Lipinski definition) is 2. The van der Waals surface area contributed by atoms with Crippen LogP contribution in [0.4, 0.5) is 26.3 Å². The molecule has 2 unspecified atom stereocenters. The summed E-state index contributed by atoms with van der Waals surface area (Å²) in [6.07, 6.45) is -9.45. The minimum atomic E-state index is -4.98. The molecule has 0 aliphatic carbocycles. The maximum atomic E-state index is 12.0. The maximum absolute atomic E-state index is 12.0. The van der Waals surface area contributed by atoms with Crippen LogP contribution in [0.2, 0.25) is 0 Å². The normalized spacial score (nSPS) is 20.8. The van der Waals surface area contributed by atoms with Crippen LogP contribution in [0, 0.1) is 0 Å². The molecule has 152 valence electrons. The number of unbranched alkanes of at least 4 members (excludes halogenated alkanes) is 2. The molecule has 13 heteroatoms. The van der Waals surface area contributed by atoms with E-state index in [1.54, 1.807) is 10.6 Å². The fraction of sp³-hybridized carbons (Fsp3) is 0.846. The van der Waals surface area contributed by atoms with Crippen molar-refractivity contribution in [3.05, 3.63) is 0 Å². The molecule has 1 saturated heterocycles. The first-order valence-electron chi connectivity index (χ1n) is 7.59. The van der Waals surface area contributed by atoms with Gasteiger partial charge in [-0.05, 0) is 19.3 Å². The van der Waals surface area contributed by atoms with Crippen molar-refractivity contribution < 1.29 is 50.1 Å². The molecule has 7 nitrogen and oxygen atoms in total. The Labute approximate surface area is 144 Å². The molecule has 26 heavy (non-hydrogen) atoms. The largest absolute Gasteiger partial charge is 0.471 e. The lowest BCUT2D eigenvalue weighted by Crippen LogP contribution is -2.41. The van der Waals surface area contributed by atoms with Crippen molar-refractivity contribution in [2.75, 3.05) is 26.3 Å². The summed E-state index contributed by atoms with van der Waals surface area (Å²) in [6.45, 7) is -1.54. The smallest absolute Gasteiger partial charge is 0.348 e. The average Bonchev–Trinajstić information content (AvgIpc) is 2.97. The van der Waals surface area contributed by atoms with E-state index in [0.717, 1.165) is 0 Å². The molecule has 1 heterocycles. The van der Waals surface area contributed by atoms with E-state index in [9.17, 15) is 35.9 Å². The zero-order valence-corrected chi connectivity index (χ0v) is 13.4. The number of carbonyl (C=O) groups is 2. The summed E-state index contributed by atoms with van der Waals surface area (Å²) in [5.41, 5.74) is 0. The Morgan fingerprint density at radius 3 is 2.19 bits per heavy atom. The van der Waals surface area contributed by atoms with Gasteiger partial charge >= 0.3 is 24.2 Å². The Balaban J connectivity index is 2.03.